The number of thioether (sulfide) groups is 1. The number of para-hydroxylation sites is 1. The van der Waals surface area contributed by atoms with Crippen LogP contribution in [0.15, 0.2) is 53.7 Å². The molecule has 0 atom stereocenters. The number of hydrogen-bond acceptors (Lipinski definition) is 6. The molecule has 2 aromatic heterocycles. The highest BCUT2D eigenvalue weighted by Gasteiger charge is 2.15. The molecule has 0 aliphatic carbocycles. The van der Waals surface area contributed by atoms with E-state index in [1.54, 1.807) is 12.1 Å². The predicted molar refractivity (Wildman–Crippen MR) is 109 cm³/mol. The highest BCUT2D eigenvalue weighted by atomic mass is 32.2. The molecule has 0 saturated carbocycles. The Kier molecular flexibility index (Phi) is 4.87. The Labute approximate surface area is 165 Å². The average Bonchev–Trinajstić information content (AvgIpc) is 3.08. The van der Waals surface area contributed by atoms with Gasteiger partial charge in [0, 0.05) is 17.2 Å². The van der Waals surface area contributed by atoms with E-state index in [9.17, 15) is 10.1 Å². The molecule has 8 heteroatoms. The molecule has 2 aromatic carbocycles. The molecular weight excluding hydrogens is 376 g/mol. The lowest BCUT2D eigenvalue weighted by Gasteiger charge is -2.08. The Morgan fingerprint density at radius 2 is 1.96 bits per heavy atom. The first-order valence-corrected chi connectivity index (χ1v) is 9.77. The van der Waals surface area contributed by atoms with Crippen LogP contribution >= 0.6 is 11.8 Å². The fraction of sp³-hybridized carbons (Fsp3) is 0.200. The second kappa shape index (κ2) is 7.47. The van der Waals surface area contributed by atoms with Gasteiger partial charge in [-0.25, -0.2) is 0 Å². The maximum Gasteiger partial charge on any atom is 0.310 e. The van der Waals surface area contributed by atoms with Gasteiger partial charge in [0.1, 0.15) is 0 Å². The molecule has 142 valence electrons. The van der Waals surface area contributed by atoms with E-state index in [1.165, 1.54) is 17.8 Å². The number of ether oxygens (including phenoxy) is 1. The number of aromatic nitrogens is 3. The van der Waals surface area contributed by atoms with Crippen LogP contribution in [-0.2, 0) is 0 Å². The van der Waals surface area contributed by atoms with E-state index < -0.39 is 4.92 Å². The molecule has 0 saturated heterocycles. The SMILES string of the molecule is Cc1ccc([N+](=O)[O-])c(OCCSc2nnc3cc(C)c4ccccc4n23)c1. The molecule has 0 amide bonds. The molecule has 0 bridgehead atoms. The zero-order chi connectivity index (χ0) is 19.7. The zero-order valence-corrected chi connectivity index (χ0v) is 16.3. The second-order valence-corrected chi connectivity index (χ2v) is 7.51. The molecule has 28 heavy (non-hydrogen) atoms. The fourth-order valence-electron chi connectivity index (χ4n) is 3.14. The number of nitrogens with zero attached hydrogens (tertiary/aromatic N) is 4. The predicted octanol–water partition coefficient (Wildman–Crippen LogP) is 4.58. The third-order valence-electron chi connectivity index (χ3n) is 4.46. The summed E-state index contributed by atoms with van der Waals surface area (Å²) in [6, 6.07) is 15.0. The zero-order valence-electron chi connectivity index (χ0n) is 15.5. The van der Waals surface area contributed by atoms with Crippen molar-refractivity contribution in [1.29, 1.82) is 0 Å². The first kappa shape index (κ1) is 18.2. The lowest BCUT2D eigenvalue weighted by atomic mass is 10.1. The van der Waals surface area contributed by atoms with E-state index in [0.29, 0.717) is 12.4 Å². The summed E-state index contributed by atoms with van der Waals surface area (Å²) < 4.78 is 7.71. The molecule has 0 fully saturated rings. The van der Waals surface area contributed by atoms with Crippen molar-refractivity contribution in [3.8, 4) is 5.75 Å². The summed E-state index contributed by atoms with van der Waals surface area (Å²) in [7, 11) is 0. The maximum atomic E-state index is 11.1. The van der Waals surface area contributed by atoms with Gasteiger partial charge in [0.05, 0.1) is 17.0 Å². The van der Waals surface area contributed by atoms with Crippen LogP contribution in [0.5, 0.6) is 5.75 Å². The van der Waals surface area contributed by atoms with Gasteiger partial charge in [-0.15, -0.1) is 10.2 Å². The van der Waals surface area contributed by atoms with Gasteiger partial charge in [-0.05, 0) is 43.2 Å². The van der Waals surface area contributed by atoms with Gasteiger partial charge in [0.15, 0.2) is 16.6 Å². The molecule has 4 rings (SSSR count). The van der Waals surface area contributed by atoms with Gasteiger partial charge in [-0.3, -0.25) is 14.5 Å². The van der Waals surface area contributed by atoms with E-state index in [0.717, 1.165) is 32.8 Å². The first-order chi connectivity index (χ1) is 13.5. The van der Waals surface area contributed by atoms with Crippen LogP contribution in [0, 0.1) is 24.0 Å². The van der Waals surface area contributed by atoms with E-state index in [2.05, 4.69) is 29.3 Å². The van der Waals surface area contributed by atoms with Gasteiger partial charge in [0.2, 0.25) is 0 Å². The Balaban J connectivity index is 1.52. The molecule has 0 radical (unpaired) electrons. The van der Waals surface area contributed by atoms with Crippen molar-refractivity contribution in [2.45, 2.75) is 19.0 Å². The summed E-state index contributed by atoms with van der Waals surface area (Å²) in [4.78, 5) is 10.7. The molecule has 4 aromatic rings. The number of rotatable bonds is 6. The van der Waals surface area contributed by atoms with Crippen LogP contribution in [0.2, 0.25) is 0 Å². The first-order valence-electron chi connectivity index (χ1n) is 8.79. The largest absolute Gasteiger partial charge is 0.486 e. The van der Waals surface area contributed by atoms with E-state index in [4.69, 9.17) is 4.74 Å². The summed E-state index contributed by atoms with van der Waals surface area (Å²) in [6.45, 7) is 4.26. The average molecular weight is 394 g/mol. The van der Waals surface area contributed by atoms with Crippen molar-refractivity contribution in [1.82, 2.24) is 14.6 Å². The van der Waals surface area contributed by atoms with Crippen molar-refractivity contribution in [2.75, 3.05) is 12.4 Å². The number of fused-ring (bicyclic) bond motifs is 3. The summed E-state index contributed by atoms with van der Waals surface area (Å²) in [6.07, 6.45) is 0. The van der Waals surface area contributed by atoms with E-state index in [1.807, 2.05) is 29.5 Å². The summed E-state index contributed by atoms with van der Waals surface area (Å²) in [5.74, 6) is 0.881. The number of hydrogen-bond donors (Lipinski definition) is 0. The van der Waals surface area contributed by atoms with Crippen molar-refractivity contribution in [3.63, 3.8) is 0 Å². The van der Waals surface area contributed by atoms with Crippen molar-refractivity contribution < 1.29 is 9.66 Å². The van der Waals surface area contributed by atoms with Gasteiger partial charge >= 0.3 is 5.69 Å². The van der Waals surface area contributed by atoms with Crippen LogP contribution in [0.4, 0.5) is 5.69 Å². The molecule has 0 N–H and O–H groups in total. The maximum absolute atomic E-state index is 11.1. The van der Waals surface area contributed by atoms with Gasteiger partial charge in [-0.2, -0.15) is 0 Å². The van der Waals surface area contributed by atoms with Crippen molar-refractivity contribution in [2.24, 2.45) is 0 Å². The number of pyridine rings is 1. The van der Waals surface area contributed by atoms with E-state index in [-0.39, 0.29) is 11.4 Å². The minimum atomic E-state index is -0.428. The standard InChI is InChI=1S/C20H18N4O3S/c1-13-7-8-17(24(25)26)18(11-13)27-9-10-28-20-22-21-19-12-14(2)15-5-3-4-6-16(15)23(19)20/h3-8,11-12H,9-10H2,1-2H3. The highest BCUT2D eigenvalue weighted by Crippen LogP contribution is 2.29. The number of nitro groups is 1. The topological polar surface area (TPSA) is 82.6 Å². The minimum absolute atomic E-state index is 0.0232. The molecule has 0 aliphatic heterocycles. The molecule has 2 heterocycles. The van der Waals surface area contributed by atoms with Gasteiger partial charge < -0.3 is 4.74 Å². The van der Waals surface area contributed by atoms with Crippen LogP contribution in [0.25, 0.3) is 16.6 Å². The molecular formula is C20H18N4O3S. The Hall–Kier alpha value is -3.13. The van der Waals surface area contributed by atoms with Crippen molar-refractivity contribution >= 4 is 34.0 Å². The van der Waals surface area contributed by atoms with Gasteiger partial charge in [-0.1, -0.05) is 36.0 Å². The minimum Gasteiger partial charge on any atom is -0.486 e. The summed E-state index contributed by atoms with van der Waals surface area (Å²) in [5, 5.41) is 21.7. The quantitative estimate of drug-likeness (QED) is 0.206. The Bertz CT molecular complexity index is 1190. The van der Waals surface area contributed by atoms with Crippen LogP contribution in [-0.4, -0.2) is 31.9 Å². The highest BCUT2D eigenvalue weighted by molar-refractivity contribution is 7.99. The number of benzene rings is 2. The molecule has 0 aliphatic rings. The number of nitro benzene ring substituents is 1. The lowest BCUT2D eigenvalue weighted by Crippen LogP contribution is -2.04. The Morgan fingerprint density at radius 3 is 2.79 bits per heavy atom. The third kappa shape index (κ3) is 3.38. The third-order valence-corrected chi connectivity index (χ3v) is 5.35. The smallest absolute Gasteiger partial charge is 0.310 e. The Morgan fingerprint density at radius 1 is 1.14 bits per heavy atom. The van der Waals surface area contributed by atoms with Crippen LogP contribution in [0.1, 0.15) is 11.1 Å². The lowest BCUT2D eigenvalue weighted by molar-refractivity contribution is -0.385. The second-order valence-electron chi connectivity index (χ2n) is 6.45. The van der Waals surface area contributed by atoms with Crippen molar-refractivity contribution in [3.05, 3.63) is 69.8 Å². The number of aryl methyl sites for hydroxylation is 2. The van der Waals surface area contributed by atoms with Crippen LogP contribution < -0.4 is 4.74 Å². The van der Waals surface area contributed by atoms with Crippen LogP contribution in [0.3, 0.4) is 0 Å². The molecule has 7 nitrogen and oxygen atoms in total. The van der Waals surface area contributed by atoms with E-state index >= 15 is 0 Å². The molecule has 0 spiro atoms. The summed E-state index contributed by atoms with van der Waals surface area (Å²) >= 11 is 1.51. The summed E-state index contributed by atoms with van der Waals surface area (Å²) in [5.41, 5.74) is 3.90. The fourth-order valence-corrected chi connectivity index (χ4v) is 3.91. The molecule has 0 unspecified atom stereocenters. The van der Waals surface area contributed by atoms with Gasteiger partial charge in [0.25, 0.3) is 0 Å². The normalized spacial score (nSPS) is 11.2. The monoisotopic (exact) mass is 394 g/mol.